The van der Waals surface area contributed by atoms with Gasteiger partial charge < -0.3 is 4.98 Å². The number of aromatic amines is 1. The van der Waals surface area contributed by atoms with Crippen molar-refractivity contribution in [2.24, 2.45) is 17.3 Å². The van der Waals surface area contributed by atoms with Gasteiger partial charge in [-0.05, 0) is 38.4 Å². The van der Waals surface area contributed by atoms with Crippen molar-refractivity contribution in [1.82, 2.24) is 4.98 Å². The second kappa shape index (κ2) is 6.30. The van der Waals surface area contributed by atoms with Gasteiger partial charge in [-0.3, -0.25) is 0 Å². The van der Waals surface area contributed by atoms with E-state index in [0.29, 0.717) is 0 Å². The lowest BCUT2D eigenvalue weighted by atomic mass is 10.1. The van der Waals surface area contributed by atoms with Gasteiger partial charge in [-0.2, -0.15) is 0 Å². The molecule has 0 atom stereocenters. The summed E-state index contributed by atoms with van der Waals surface area (Å²) in [6, 6.07) is 18.4. The van der Waals surface area contributed by atoms with Gasteiger partial charge >= 0.3 is 5.13 Å². The molecule has 6 heteroatoms. The second-order valence-electron chi connectivity index (χ2n) is 5.39. The maximum absolute atomic E-state index is 4.58. The number of fused-ring (bicyclic) bond motifs is 1. The van der Waals surface area contributed by atoms with E-state index in [0.717, 1.165) is 36.8 Å². The summed E-state index contributed by atoms with van der Waals surface area (Å²) in [5.74, 6) is 0. The largest absolute Gasteiger partial charge is 0.409 e. The molecule has 0 bridgehead atoms. The summed E-state index contributed by atoms with van der Waals surface area (Å²) in [6.45, 7) is 0. The number of azo groups is 1. The summed E-state index contributed by atoms with van der Waals surface area (Å²) in [7, 11) is 1.96. The van der Waals surface area contributed by atoms with Crippen LogP contribution in [0.5, 0.6) is 0 Å². The Morgan fingerprint density at radius 2 is 1.75 bits per heavy atom. The van der Waals surface area contributed by atoms with Crippen LogP contribution in [0.4, 0.5) is 10.8 Å². The summed E-state index contributed by atoms with van der Waals surface area (Å²) < 4.78 is 2.98. The van der Waals surface area contributed by atoms with Crippen LogP contribution in [0.3, 0.4) is 0 Å². The SMILES string of the molecule is C[n+]1cc(Br)sc1/N=N/c1c(-c2ccccc2)[nH]c2ccccc12. The first-order valence-electron chi connectivity index (χ1n) is 7.45. The molecule has 4 aromatic rings. The van der Waals surface area contributed by atoms with E-state index in [-0.39, 0.29) is 0 Å². The van der Waals surface area contributed by atoms with Gasteiger partial charge in [0.1, 0.15) is 15.7 Å². The first-order valence-corrected chi connectivity index (χ1v) is 9.06. The number of H-pyrrole nitrogens is 1. The molecule has 0 saturated carbocycles. The molecule has 0 aliphatic carbocycles. The number of hydrogen-bond acceptors (Lipinski definition) is 3. The van der Waals surface area contributed by atoms with Crippen LogP contribution in [0.1, 0.15) is 0 Å². The Morgan fingerprint density at radius 3 is 2.50 bits per heavy atom. The van der Waals surface area contributed by atoms with Crippen LogP contribution in [0.2, 0.25) is 0 Å². The number of rotatable bonds is 3. The summed E-state index contributed by atoms with van der Waals surface area (Å²) in [5.41, 5.74) is 4.00. The van der Waals surface area contributed by atoms with E-state index in [2.05, 4.69) is 55.4 Å². The van der Waals surface area contributed by atoms with E-state index in [1.54, 1.807) is 11.3 Å². The number of para-hydroxylation sites is 1. The van der Waals surface area contributed by atoms with Crippen molar-refractivity contribution >= 4 is 49.0 Å². The highest BCUT2D eigenvalue weighted by Gasteiger charge is 2.17. The van der Waals surface area contributed by atoms with E-state index in [4.69, 9.17) is 0 Å². The molecule has 1 N–H and O–H groups in total. The van der Waals surface area contributed by atoms with Gasteiger partial charge in [0.2, 0.25) is 0 Å². The topological polar surface area (TPSA) is 44.4 Å². The average molecular weight is 398 g/mol. The maximum Gasteiger partial charge on any atom is 0.409 e. The Kier molecular flexibility index (Phi) is 4.00. The van der Waals surface area contributed by atoms with Gasteiger partial charge in [0.05, 0.1) is 17.9 Å². The third-order valence-electron chi connectivity index (χ3n) is 3.76. The quantitative estimate of drug-likeness (QED) is 0.330. The Hall–Kier alpha value is -2.31. The monoisotopic (exact) mass is 397 g/mol. The molecule has 118 valence electrons. The lowest BCUT2D eigenvalue weighted by Gasteiger charge is -1.97. The molecule has 0 amide bonds. The molecule has 24 heavy (non-hydrogen) atoms. The molecule has 0 aliphatic heterocycles. The van der Waals surface area contributed by atoms with E-state index < -0.39 is 0 Å². The number of aromatic nitrogens is 2. The molecule has 0 spiro atoms. The molecule has 4 nitrogen and oxygen atoms in total. The number of nitrogens with zero attached hydrogens (tertiary/aromatic N) is 3. The zero-order valence-electron chi connectivity index (χ0n) is 12.9. The molecule has 4 rings (SSSR count). The van der Waals surface area contributed by atoms with Crippen LogP contribution in [0.25, 0.3) is 22.2 Å². The molecule has 0 radical (unpaired) electrons. The predicted octanol–water partition coefficient (Wildman–Crippen LogP) is 5.90. The minimum absolute atomic E-state index is 0.839. The van der Waals surface area contributed by atoms with Crippen LogP contribution < -0.4 is 4.57 Å². The highest BCUT2D eigenvalue weighted by molar-refractivity contribution is 9.11. The van der Waals surface area contributed by atoms with Crippen molar-refractivity contribution in [2.75, 3.05) is 0 Å². The van der Waals surface area contributed by atoms with Crippen molar-refractivity contribution in [1.29, 1.82) is 0 Å². The first-order chi connectivity index (χ1) is 11.7. The van der Waals surface area contributed by atoms with E-state index in [9.17, 15) is 0 Å². The highest BCUT2D eigenvalue weighted by Crippen LogP contribution is 2.38. The predicted molar refractivity (Wildman–Crippen MR) is 101 cm³/mol. The Morgan fingerprint density at radius 1 is 1.00 bits per heavy atom. The molecule has 2 aromatic heterocycles. The van der Waals surface area contributed by atoms with Crippen LogP contribution >= 0.6 is 27.3 Å². The summed E-state index contributed by atoms with van der Waals surface area (Å²) in [5, 5.41) is 10.9. The van der Waals surface area contributed by atoms with Gasteiger partial charge in [-0.1, -0.05) is 48.5 Å². The second-order valence-corrected chi connectivity index (χ2v) is 7.78. The minimum Gasteiger partial charge on any atom is -0.353 e. The number of benzene rings is 2. The molecular weight excluding hydrogens is 384 g/mol. The van der Waals surface area contributed by atoms with Gasteiger partial charge in [0.15, 0.2) is 0 Å². The van der Waals surface area contributed by atoms with Gasteiger partial charge in [0.25, 0.3) is 0 Å². The fourth-order valence-corrected chi connectivity index (χ4v) is 4.03. The van der Waals surface area contributed by atoms with Crippen molar-refractivity contribution in [3.05, 3.63) is 64.6 Å². The van der Waals surface area contributed by atoms with Crippen molar-refractivity contribution in [3.63, 3.8) is 0 Å². The van der Waals surface area contributed by atoms with Crippen molar-refractivity contribution < 1.29 is 4.57 Å². The average Bonchev–Trinajstić information content (AvgIpc) is 3.13. The fraction of sp³-hybridized carbons (Fsp3) is 0.0556. The zero-order chi connectivity index (χ0) is 16.5. The van der Waals surface area contributed by atoms with E-state index in [1.165, 1.54) is 0 Å². The third kappa shape index (κ3) is 2.79. The number of aryl methyl sites for hydroxylation is 1. The van der Waals surface area contributed by atoms with Crippen LogP contribution in [0.15, 0.2) is 74.8 Å². The molecule has 0 aliphatic rings. The summed E-state index contributed by atoms with van der Waals surface area (Å²) in [4.78, 5) is 3.47. The summed E-state index contributed by atoms with van der Waals surface area (Å²) in [6.07, 6.45) is 1.98. The molecule has 0 fully saturated rings. The number of nitrogens with one attached hydrogen (secondary N) is 1. The normalized spacial score (nSPS) is 11.6. The third-order valence-corrected chi connectivity index (χ3v) is 5.31. The summed E-state index contributed by atoms with van der Waals surface area (Å²) >= 11 is 5.03. The molecule has 0 saturated heterocycles. The van der Waals surface area contributed by atoms with Crippen LogP contribution in [0, 0.1) is 0 Å². The van der Waals surface area contributed by atoms with Gasteiger partial charge in [-0.15, -0.1) is 0 Å². The minimum atomic E-state index is 0.839. The van der Waals surface area contributed by atoms with Crippen LogP contribution in [-0.2, 0) is 7.05 Å². The number of thiazole rings is 1. The maximum atomic E-state index is 4.58. The number of hydrogen-bond donors (Lipinski definition) is 1. The van der Waals surface area contributed by atoms with Crippen LogP contribution in [-0.4, -0.2) is 4.98 Å². The molecular formula is C18H14BrN4S+. The van der Waals surface area contributed by atoms with E-state index >= 15 is 0 Å². The lowest BCUT2D eigenvalue weighted by Crippen LogP contribution is -2.23. The van der Waals surface area contributed by atoms with Gasteiger partial charge in [0, 0.05) is 16.5 Å². The van der Waals surface area contributed by atoms with Crippen molar-refractivity contribution in [2.45, 2.75) is 0 Å². The zero-order valence-corrected chi connectivity index (χ0v) is 15.3. The standard InChI is InChI=1S/C18H13BrN4S/c1-23-11-15(19)24-18(23)22-21-17-13-9-5-6-10-14(13)20-16(17)12-7-3-2-4-8-12/h2-11H,1H3/p+1. The Labute approximate surface area is 151 Å². The molecule has 2 aromatic carbocycles. The first kappa shape index (κ1) is 15.2. The fourth-order valence-electron chi connectivity index (χ4n) is 2.62. The Bertz CT molecular complexity index is 1030. The number of halogens is 1. The molecule has 2 heterocycles. The van der Waals surface area contributed by atoms with E-state index in [1.807, 2.05) is 48.1 Å². The highest BCUT2D eigenvalue weighted by atomic mass is 79.9. The smallest absolute Gasteiger partial charge is 0.353 e. The lowest BCUT2D eigenvalue weighted by molar-refractivity contribution is -0.654. The molecule has 0 unspecified atom stereocenters. The van der Waals surface area contributed by atoms with Crippen molar-refractivity contribution in [3.8, 4) is 11.3 Å². The van der Waals surface area contributed by atoms with Gasteiger partial charge in [-0.25, -0.2) is 4.57 Å². The Balaban J connectivity index is 1.88.